The lowest BCUT2D eigenvalue weighted by molar-refractivity contribution is -0.142. The second-order valence-corrected chi connectivity index (χ2v) is 7.91. The first-order chi connectivity index (χ1) is 9.22. The fourth-order valence-electron chi connectivity index (χ4n) is 2.89. The van der Waals surface area contributed by atoms with Crippen molar-refractivity contribution in [3.63, 3.8) is 0 Å². The van der Waals surface area contributed by atoms with Gasteiger partial charge in [0.15, 0.2) is 0 Å². The zero-order chi connectivity index (χ0) is 15.0. The van der Waals surface area contributed by atoms with Crippen molar-refractivity contribution >= 4 is 16.2 Å². The zero-order valence-electron chi connectivity index (χ0n) is 11.7. The van der Waals surface area contributed by atoms with Crippen LogP contribution in [0.3, 0.4) is 0 Å². The van der Waals surface area contributed by atoms with Gasteiger partial charge in [-0.25, -0.2) is 0 Å². The van der Waals surface area contributed by atoms with Crippen LogP contribution in [0.4, 0.5) is 0 Å². The van der Waals surface area contributed by atoms with Gasteiger partial charge in [0.1, 0.15) is 0 Å². The Hall–Kier alpha value is -0.700. The molecule has 0 aromatic rings. The maximum Gasteiger partial charge on any atom is 0.307 e. The van der Waals surface area contributed by atoms with Crippen LogP contribution in [0.2, 0.25) is 0 Å². The predicted molar refractivity (Wildman–Crippen MR) is 72.3 cm³/mol. The second kappa shape index (κ2) is 5.59. The molecule has 2 N–H and O–H groups in total. The van der Waals surface area contributed by atoms with Crippen molar-refractivity contribution in [2.75, 3.05) is 26.2 Å². The Labute approximate surface area is 119 Å². The van der Waals surface area contributed by atoms with Crippen molar-refractivity contribution in [2.45, 2.75) is 38.2 Å². The quantitative estimate of drug-likeness (QED) is 0.757. The van der Waals surface area contributed by atoms with E-state index in [2.05, 4.69) is 0 Å². The van der Waals surface area contributed by atoms with E-state index in [1.807, 2.05) is 0 Å². The summed E-state index contributed by atoms with van der Waals surface area (Å²) >= 11 is 0. The van der Waals surface area contributed by atoms with Crippen LogP contribution in [0, 0.1) is 5.92 Å². The standard InChI is InChI=1S/C12H22N2O5S/c1-12(17)5-3-7-14(9-12)20(18,19)13-6-2-4-10(8-13)11(15)16/h10,17H,2-9H2,1H3,(H,15,16). The number of aliphatic hydroxyl groups is 1. The van der Waals surface area contributed by atoms with E-state index < -0.39 is 27.7 Å². The van der Waals surface area contributed by atoms with Gasteiger partial charge < -0.3 is 10.2 Å². The van der Waals surface area contributed by atoms with Crippen LogP contribution >= 0.6 is 0 Å². The van der Waals surface area contributed by atoms with E-state index in [0.29, 0.717) is 38.8 Å². The van der Waals surface area contributed by atoms with Gasteiger partial charge in [-0.1, -0.05) is 0 Å². The average Bonchev–Trinajstić information content (AvgIpc) is 2.37. The van der Waals surface area contributed by atoms with Gasteiger partial charge in [-0.2, -0.15) is 17.0 Å². The number of carboxylic acid groups (broad SMARTS) is 1. The molecular weight excluding hydrogens is 284 g/mol. The molecule has 0 amide bonds. The Bertz CT molecular complexity index is 476. The second-order valence-electron chi connectivity index (χ2n) is 5.98. The van der Waals surface area contributed by atoms with Crippen LogP contribution < -0.4 is 0 Å². The molecule has 20 heavy (non-hydrogen) atoms. The highest BCUT2D eigenvalue weighted by molar-refractivity contribution is 7.86. The minimum atomic E-state index is -3.68. The van der Waals surface area contributed by atoms with Crippen LogP contribution in [0.25, 0.3) is 0 Å². The van der Waals surface area contributed by atoms with Crippen LogP contribution in [0.5, 0.6) is 0 Å². The molecular formula is C12H22N2O5S. The molecule has 0 bridgehead atoms. The normalized spacial score (nSPS) is 34.0. The highest BCUT2D eigenvalue weighted by Gasteiger charge is 2.40. The molecule has 0 aromatic heterocycles. The summed E-state index contributed by atoms with van der Waals surface area (Å²) in [5.74, 6) is -1.58. The van der Waals surface area contributed by atoms with E-state index in [-0.39, 0.29) is 13.1 Å². The fraction of sp³-hybridized carbons (Fsp3) is 0.917. The van der Waals surface area contributed by atoms with E-state index in [9.17, 15) is 18.3 Å². The van der Waals surface area contributed by atoms with Gasteiger partial charge in [0.2, 0.25) is 0 Å². The summed E-state index contributed by atoms with van der Waals surface area (Å²) < 4.78 is 27.6. The van der Waals surface area contributed by atoms with Gasteiger partial charge in [0.25, 0.3) is 10.2 Å². The molecule has 7 nitrogen and oxygen atoms in total. The van der Waals surface area contributed by atoms with E-state index in [0.717, 1.165) is 0 Å². The van der Waals surface area contributed by atoms with Crippen molar-refractivity contribution in [1.82, 2.24) is 8.61 Å². The van der Waals surface area contributed by atoms with Crippen LogP contribution in [-0.4, -0.2) is 65.0 Å². The first kappa shape index (κ1) is 15.7. The summed E-state index contributed by atoms with van der Waals surface area (Å²) in [6.45, 7) is 2.46. The number of hydrogen-bond donors (Lipinski definition) is 2. The van der Waals surface area contributed by atoms with Crippen molar-refractivity contribution in [2.24, 2.45) is 5.92 Å². The molecule has 2 fully saturated rings. The zero-order valence-corrected chi connectivity index (χ0v) is 12.5. The number of rotatable bonds is 3. The lowest BCUT2D eigenvalue weighted by atomic mass is 9.97. The minimum Gasteiger partial charge on any atom is -0.481 e. The molecule has 2 unspecified atom stereocenters. The topological polar surface area (TPSA) is 98.2 Å². The summed E-state index contributed by atoms with van der Waals surface area (Å²) in [6.07, 6.45) is 2.26. The van der Waals surface area contributed by atoms with Crippen molar-refractivity contribution in [3.8, 4) is 0 Å². The summed E-state index contributed by atoms with van der Waals surface area (Å²) in [4.78, 5) is 11.0. The van der Waals surface area contributed by atoms with Gasteiger partial charge in [0, 0.05) is 26.2 Å². The van der Waals surface area contributed by atoms with E-state index in [4.69, 9.17) is 5.11 Å². The molecule has 8 heteroatoms. The molecule has 2 aliphatic rings. The number of aliphatic carboxylic acids is 1. The Kier molecular flexibility index (Phi) is 4.38. The third-order valence-electron chi connectivity index (χ3n) is 4.03. The lowest BCUT2D eigenvalue weighted by Gasteiger charge is -2.40. The maximum atomic E-state index is 12.5. The molecule has 0 spiro atoms. The molecule has 2 saturated heterocycles. The van der Waals surface area contributed by atoms with Crippen molar-refractivity contribution < 1.29 is 23.4 Å². The van der Waals surface area contributed by atoms with Crippen molar-refractivity contribution in [3.05, 3.63) is 0 Å². The number of carboxylic acids is 1. The molecule has 2 atom stereocenters. The lowest BCUT2D eigenvalue weighted by Crippen LogP contribution is -2.55. The summed E-state index contributed by atoms with van der Waals surface area (Å²) in [7, 11) is -3.68. The van der Waals surface area contributed by atoms with Crippen LogP contribution in [-0.2, 0) is 15.0 Å². The van der Waals surface area contributed by atoms with Crippen molar-refractivity contribution in [1.29, 1.82) is 0 Å². The molecule has 0 saturated carbocycles. The third kappa shape index (κ3) is 3.30. The molecule has 116 valence electrons. The Balaban J connectivity index is 2.11. The van der Waals surface area contributed by atoms with Crippen LogP contribution in [0.15, 0.2) is 0 Å². The minimum absolute atomic E-state index is 0.0241. The Morgan fingerprint density at radius 1 is 1.25 bits per heavy atom. The predicted octanol–water partition coefficient (Wildman–Crippen LogP) is -0.125. The molecule has 0 aliphatic carbocycles. The smallest absolute Gasteiger partial charge is 0.307 e. The van der Waals surface area contributed by atoms with Gasteiger partial charge in [0.05, 0.1) is 11.5 Å². The van der Waals surface area contributed by atoms with Gasteiger partial charge in [-0.3, -0.25) is 4.79 Å². The summed E-state index contributed by atoms with van der Waals surface area (Å²) in [5, 5.41) is 19.1. The molecule has 2 aliphatic heterocycles. The highest BCUT2D eigenvalue weighted by atomic mass is 32.2. The number of carbonyl (C=O) groups is 1. The van der Waals surface area contributed by atoms with Gasteiger partial charge in [-0.05, 0) is 32.6 Å². The largest absolute Gasteiger partial charge is 0.481 e. The fourth-order valence-corrected chi connectivity index (χ4v) is 4.74. The SMILES string of the molecule is CC1(O)CCCN(S(=O)(=O)N2CCCC(C(=O)O)C2)C1. The number of nitrogens with zero attached hydrogens (tertiary/aromatic N) is 2. The summed E-state index contributed by atoms with van der Waals surface area (Å²) in [6, 6.07) is 0. The number of hydrogen-bond acceptors (Lipinski definition) is 4. The van der Waals surface area contributed by atoms with E-state index >= 15 is 0 Å². The Morgan fingerprint density at radius 3 is 2.50 bits per heavy atom. The summed E-state index contributed by atoms with van der Waals surface area (Å²) in [5.41, 5.74) is -1.01. The van der Waals surface area contributed by atoms with E-state index in [1.165, 1.54) is 8.61 Å². The number of β-amino-alcohol motifs (C(OH)–C–C–N with tert-alkyl or cyclic N) is 1. The number of piperidine rings is 2. The molecule has 2 heterocycles. The molecule has 2 rings (SSSR count). The molecule has 0 aromatic carbocycles. The van der Waals surface area contributed by atoms with E-state index in [1.54, 1.807) is 6.92 Å². The average molecular weight is 306 g/mol. The van der Waals surface area contributed by atoms with Gasteiger partial charge >= 0.3 is 5.97 Å². The highest BCUT2D eigenvalue weighted by Crippen LogP contribution is 2.26. The third-order valence-corrected chi connectivity index (χ3v) is 5.97. The maximum absolute atomic E-state index is 12.5. The monoisotopic (exact) mass is 306 g/mol. The first-order valence-corrected chi connectivity index (χ1v) is 8.32. The first-order valence-electron chi connectivity index (χ1n) is 6.93. The van der Waals surface area contributed by atoms with Gasteiger partial charge in [-0.15, -0.1) is 0 Å². The van der Waals surface area contributed by atoms with Crippen LogP contribution in [0.1, 0.15) is 32.6 Å². The Morgan fingerprint density at radius 2 is 1.90 bits per heavy atom. The molecule has 0 radical (unpaired) electrons.